The number of benzene rings is 2. The Kier molecular flexibility index (Phi) is 4.34. The van der Waals surface area contributed by atoms with E-state index < -0.39 is 12.0 Å². The van der Waals surface area contributed by atoms with Gasteiger partial charge in [0.25, 0.3) is 5.88 Å². The van der Waals surface area contributed by atoms with E-state index in [-0.39, 0.29) is 23.0 Å². The number of nitrogens with one attached hydrogen (secondary N) is 2. The average Bonchev–Trinajstić information content (AvgIpc) is 3.12. The Labute approximate surface area is 157 Å². The van der Waals surface area contributed by atoms with Crippen LogP contribution in [0.2, 0.25) is 0 Å². The Morgan fingerprint density at radius 1 is 0.893 bits per heavy atom. The molecule has 0 fully saturated rings. The maximum atomic E-state index is 12.8. The van der Waals surface area contributed by atoms with Crippen molar-refractivity contribution in [2.45, 2.75) is 6.18 Å². The molecule has 2 N–H and O–H groups in total. The molecule has 2 heterocycles. The van der Waals surface area contributed by atoms with Crippen molar-refractivity contribution < 1.29 is 17.9 Å². The van der Waals surface area contributed by atoms with Crippen LogP contribution < -0.4 is 10.1 Å². The molecular formula is C19H14F3N5O. The molecule has 2 aromatic heterocycles. The molecule has 4 rings (SSSR count). The van der Waals surface area contributed by atoms with Crippen LogP contribution in [0, 0.1) is 0 Å². The van der Waals surface area contributed by atoms with E-state index in [1.165, 1.54) is 7.11 Å². The van der Waals surface area contributed by atoms with Crippen LogP contribution in [0.3, 0.4) is 0 Å². The van der Waals surface area contributed by atoms with Crippen molar-refractivity contribution in [1.82, 2.24) is 19.9 Å². The summed E-state index contributed by atoms with van der Waals surface area (Å²) in [7, 11) is 1.36. The van der Waals surface area contributed by atoms with Gasteiger partial charge in [0.05, 0.1) is 7.11 Å². The second kappa shape index (κ2) is 6.84. The molecule has 142 valence electrons. The number of nitrogens with zero attached hydrogens (tertiary/aromatic N) is 3. The average molecular weight is 385 g/mol. The molecule has 6 nitrogen and oxygen atoms in total. The number of anilines is 2. The van der Waals surface area contributed by atoms with Gasteiger partial charge in [-0.25, -0.2) is 9.97 Å². The van der Waals surface area contributed by atoms with E-state index >= 15 is 0 Å². The molecule has 28 heavy (non-hydrogen) atoms. The Bertz CT molecular complexity index is 1110. The van der Waals surface area contributed by atoms with Gasteiger partial charge in [-0.05, 0) is 23.3 Å². The number of fused-ring (bicyclic) bond motifs is 1. The zero-order chi connectivity index (χ0) is 19.7. The van der Waals surface area contributed by atoms with Crippen LogP contribution in [0.5, 0.6) is 5.88 Å². The second-order valence-corrected chi connectivity index (χ2v) is 5.91. The highest BCUT2D eigenvalue weighted by Crippen LogP contribution is 2.31. The summed E-state index contributed by atoms with van der Waals surface area (Å²) in [5, 5.41) is 3.01. The minimum atomic E-state index is -4.61. The summed E-state index contributed by atoms with van der Waals surface area (Å²) < 4.78 is 43.7. The molecule has 0 atom stereocenters. The van der Waals surface area contributed by atoms with Gasteiger partial charge in [-0.3, -0.25) is 0 Å². The zero-order valence-electron chi connectivity index (χ0n) is 14.6. The number of methoxy groups -OCH3 is 1. The van der Waals surface area contributed by atoms with Crippen molar-refractivity contribution in [3.8, 4) is 17.0 Å². The van der Waals surface area contributed by atoms with E-state index in [9.17, 15) is 13.2 Å². The SMILES string of the molecule is COc1nc2nc(C(F)(F)F)[nH]c2nc1Nc1ccc(-c2ccccc2)cc1. The fourth-order valence-electron chi connectivity index (χ4n) is 2.69. The molecule has 0 amide bonds. The smallest absolute Gasteiger partial charge is 0.449 e. The minimum absolute atomic E-state index is 0.0415. The Morgan fingerprint density at radius 3 is 2.21 bits per heavy atom. The largest absolute Gasteiger partial charge is 0.478 e. The lowest BCUT2D eigenvalue weighted by atomic mass is 10.1. The standard InChI is InChI=1S/C19H14F3N5O/c1-28-17-16(24-14-15(25-17)27-18(26-14)19(20,21)22)23-13-9-7-12(8-10-13)11-5-3-2-4-6-11/h2-10H,1H3,(H2,23,24,25,26,27). The molecule has 2 aromatic carbocycles. The molecule has 0 unspecified atom stereocenters. The van der Waals surface area contributed by atoms with E-state index in [4.69, 9.17) is 4.74 Å². The summed E-state index contributed by atoms with van der Waals surface area (Å²) in [6, 6.07) is 17.4. The summed E-state index contributed by atoms with van der Waals surface area (Å²) in [6.45, 7) is 0. The number of hydrogen-bond donors (Lipinski definition) is 2. The summed E-state index contributed by atoms with van der Waals surface area (Å²) in [5.74, 6) is -0.936. The highest BCUT2D eigenvalue weighted by atomic mass is 19.4. The Morgan fingerprint density at radius 2 is 1.57 bits per heavy atom. The lowest BCUT2D eigenvalue weighted by molar-refractivity contribution is -0.144. The van der Waals surface area contributed by atoms with Crippen molar-refractivity contribution in [1.29, 1.82) is 0 Å². The first-order chi connectivity index (χ1) is 13.4. The van der Waals surface area contributed by atoms with Gasteiger partial charge in [-0.15, -0.1) is 0 Å². The number of imidazole rings is 1. The number of rotatable bonds is 4. The van der Waals surface area contributed by atoms with Crippen LogP contribution in [-0.4, -0.2) is 27.0 Å². The van der Waals surface area contributed by atoms with Crippen LogP contribution >= 0.6 is 0 Å². The normalized spacial score (nSPS) is 11.6. The maximum absolute atomic E-state index is 12.8. The number of halogens is 3. The molecule has 4 aromatic rings. The first-order valence-electron chi connectivity index (χ1n) is 8.25. The van der Waals surface area contributed by atoms with Gasteiger partial charge in [0.2, 0.25) is 11.5 Å². The maximum Gasteiger partial charge on any atom is 0.449 e. The van der Waals surface area contributed by atoms with Gasteiger partial charge in [0.15, 0.2) is 11.5 Å². The quantitative estimate of drug-likeness (QED) is 0.528. The fourth-order valence-corrected chi connectivity index (χ4v) is 2.69. The van der Waals surface area contributed by atoms with E-state index in [0.717, 1.165) is 11.1 Å². The fraction of sp³-hybridized carbons (Fsp3) is 0.105. The number of aromatic nitrogens is 4. The zero-order valence-corrected chi connectivity index (χ0v) is 14.6. The number of aromatic amines is 1. The molecular weight excluding hydrogens is 371 g/mol. The summed E-state index contributed by atoms with van der Waals surface area (Å²) in [4.78, 5) is 13.7. The van der Waals surface area contributed by atoms with Crippen molar-refractivity contribution in [2.24, 2.45) is 0 Å². The van der Waals surface area contributed by atoms with E-state index in [1.54, 1.807) is 0 Å². The summed E-state index contributed by atoms with van der Waals surface area (Å²) in [6.07, 6.45) is -4.61. The second-order valence-electron chi connectivity index (χ2n) is 5.91. The van der Waals surface area contributed by atoms with Crippen LogP contribution in [-0.2, 0) is 6.18 Å². The number of H-pyrrole nitrogens is 1. The first-order valence-corrected chi connectivity index (χ1v) is 8.25. The third kappa shape index (κ3) is 3.46. The lowest BCUT2D eigenvalue weighted by Gasteiger charge is -2.10. The van der Waals surface area contributed by atoms with Crippen molar-refractivity contribution in [3.05, 3.63) is 60.4 Å². The van der Waals surface area contributed by atoms with Gasteiger partial charge < -0.3 is 15.0 Å². The third-order valence-corrected chi connectivity index (χ3v) is 4.02. The molecule has 9 heteroatoms. The van der Waals surface area contributed by atoms with Crippen LogP contribution in [0.25, 0.3) is 22.4 Å². The molecule has 0 saturated carbocycles. The monoisotopic (exact) mass is 385 g/mol. The van der Waals surface area contributed by atoms with Crippen molar-refractivity contribution in [2.75, 3.05) is 12.4 Å². The Hall–Kier alpha value is -3.62. The highest BCUT2D eigenvalue weighted by molar-refractivity contribution is 5.74. The molecule has 0 spiro atoms. The van der Waals surface area contributed by atoms with E-state index in [1.807, 2.05) is 54.6 Å². The van der Waals surface area contributed by atoms with Gasteiger partial charge >= 0.3 is 6.18 Å². The van der Waals surface area contributed by atoms with Crippen LogP contribution in [0.15, 0.2) is 54.6 Å². The predicted molar refractivity (Wildman–Crippen MR) is 98.4 cm³/mol. The molecule has 0 saturated heterocycles. The summed E-state index contributed by atoms with van der Waals surface area (Å²) in [5.41, 5.74) is 2.53. The van der Waals surface area contributed by atoms with Crippen molar-refractivity contribution in [3.63, 3.8) is 0 Å². The molecule has 0 radical (unpaired) electrons. The van der Waals surface area contributed by atoms with Crippen molar-refractivity contribution >= 4 is 22.8 Å². The lowest BCUT2D eigenvalue weighted by Crippen LogP contribution is -2.06. The minimum Gasteiger partial charge on any atom is -0.478 e. The Balaban J connectivity index is 1.65. The molecule has 0 aliphatic carbocycles. The highest BCUT2D eigenvalue weighted by Gasteiger charge is 2.35. The van der Waals surface area contributed by atoms with Crippen LogP contribution in [0.1, 0.15) is 5.82 Å². The number of ether oxygens (including phenoxy) is 1. The summed E-state index contributed by atoms with van der Waals surface area (Å²) >= 11 is 0. The van der Waals surface area contributed by atoms with Gasteiger partial charge in [0.1, 0.15) is 0 Å². The van der Waals surface area contributed by atoms with Gasteiger partial charge in [-0.1, -0.05) is 42.5 Å². The van der Waals surface area contributed by atoms with Crippen LogP contribution in [0.4, 0.5) is 24.7 Å². The first kappa shape index (κ1) is 17.8. The predicted octanol–water partition coefficient (Wildman–Crippen LogP) is 4.79. The van der Waals surface area contributed by atoms with Gasteiger partial charge in [0, 0.05) is 5.69 Å². The van der Waals surface area contributed by atoms with E-state index in [2.05, 4.69) is 25.3 Å². The third-order valence-electron chi connectivity index (χ3n) is 4.02. The van der Waals surface area contributed by atoms with Gasteiger partial charge in [-0.2, -0.15) is 18.2 Å². The number of hydrogen-bond acceptors (Lipinski definition) is 5. The topological polar surface area (TPSA) is 75.7 Å². The van der Waals surface area contributed by atoms with E-state index in [0.29, 0.717) is 5.69 Å². The molecule has 0 aliphatic rings. The molecule has 0 bridgehead atoms. The number of alkyl halides is 3. The molecule has 0 aliphatic heterocycles.